The fourth-order valence-corrected chi connectivity index (χ4v) is 1.17. The Balaban J connectivity index is 3.91. The zero-order valence-corrected chi connectivity index (χ0v) is 9.64. The van der Waals surface area contributed by atoms with E-state index in [1.54, 1.807) is 0 Å². The molecule has 0 heterocycles. The average molecular weight is 213 g/mol. The minimum absolute atomic E-state index is 0.0389. The van der Waals surface area contributed by atoms with Gasteiger partial charge in [-0.15, -0.1) is 0 Å². The summed E-state index contributed by atoms with van der Waals surface area (Å²) >= 11 is 0. The van der Waals surface area contributed by atoms with Crippen molar-refractivity contribution in [1.82, 2.24) is 10.6 Å². The summed E-state index contributed by atoms with van der Waals surface area (Å²) in [5.74, 6) is -0.0779. The first-order valence-electron chi connectivity index (χ1n) is 5.52. The molecule has 4 nitrogen and oxygen atoms in total. The van der Waals surface area contributed by atoms with Crippen LogP contribution in [0.1, 0.15) is 46.0 Å². The molecule has 15 heavy (non-hydrogen) atoms. The highest BCUT2D eigenvalue weighted by Gasteiger charge is 2.11. The van der Waals surface area contributed by atoms with E-state index in [2.05, 4.69) is 17.6 Å². The number of rotatable bonds is 7. The second kappa shape index (κ2) is 8.26. The maximum absolute atomic E-state index is 11.3. The minimum atomic E-state index is -0.330. The molecule has 2 amide bonds. The normalized spacial score (nSPS) is 10.1. The second-order valence-electron chi connectivity index (χ2n) is 3.48. The topological polar surface area (TPSA) is 58.2 Å². The molecule has 0 unspecified atom stereocenters. The lowest BCUT2D eigenvalue weighted by molar-refractivity contribution is -0.124. The number of amides is 2. The first kappa shape index (κ1) is 13.9. The van der Waals surface area contributed by atoms with Gasteiger partial charge in [-0.3, -0.25) is 9.59 Å². The fourth-order valence-electron chi connectivity index (χ4n) is 1.17. The predicted molar refractivity (Wildman–Crippen MR) is 59.9 cm³/mol. The Hall–Kier alpha value is -1.06. The Kier molecular flexibility index (Phi) is 7.68. The van der Waals surface area contributed by atoms with Gasteiger partial charge in [-0.2, -0.15) is 0 Å². The van der Waals surface area contributed by atoms with Gasteiger partial charge in [0.25, 0.3) is 0 Å². The fraction of sp³-hybridized carbons (Fsp3) is 0.727. The van der Waals surface area contributed by atoms with Crippen molar-refractivity contribution in [3.8, 4) is 0 Å². The standard InChI is InChI=1S/C11H21N2O2/c1-4-7-10(14)12-9(6-3)13-11(15)8-5-2/h9H,3-8H2,1-2H3,(H,12,14)(H,13,15). The van der Waals surface area contributed by atoms with Gasteiger partial charge in [0.05, 0.1) is 0 Å². The SMILES string of the molecule is [CH2]CC(NC(=O)CCC)NC(=O)CCC. The van der Waals surface area contributed by atoms with Crippen molar-refractivity contribution in [2.75, 3.05) is 0 Å². The molecule has 0 bridgehead atoms. The maximum Gasteiger partial charge on any atom is 0.221 e. The summed E-state index contributed by atoms with van der Waals surface area (Å²) in [7, 11) is 0. The van der Waals surface area contributed by atoms with E-state index in [1.165, 1.54) is 0 Å². The molecule has 0 aromatic heterocycles. The highest BCUT2D eigenvalue weighted by molar-refractivity contribution is 5.79. The molecule has 1 radical (unpaired) electrons. The van der Waals surface area contributed by atoms with Crippen LogP contribution in [-0.4, -0.2) is 18.0 Å². The first-order chi connectivity index (χ1) is 7.13. The number of nitrogens with one attached hydrogen (secondary N) is 2. The van der Waals surface area contributed by atoms with Crippen molar-refractivity contribution in [2.24, 2.45) is 0 Å². The molecule has 0 fully saturated rings. The zero-order valence-electron chi connectivity index (χ0n) is 9.64. The number of hydrogen-bond donors (Lipinski definition) is 2. The van der Waals surface area contributed by atoms with E-state index in [0.717, 1.165) is 12.8 Å². The molecular weight excluding hydrogens is 192 g/mol. The van der Waals surface area contributed by atoms with Crippen LogP contribution in [0.25, 0.3) is 0 Å². The lowest BCUT2D eigenvalue weighted by Crippen LogP contribution is -2.47. The van der Waals surface area contributed by atoms with Crippen LogP contribution in [0, 0.1) is 6.92 Å². The van der Waals surface area contributed by atoms with Gasteiger partial charge in [0.2, 0.25) is 11.8 Å². The van der Waals surface area contributed by atoms with Crippen molar-refractivity contribution < 1.29 is 9.59 Å². The number of hydrogen-bond acceptors (Lipinski definition) is 2. The third-order valence-corrected chi connectivity index (χ3v) is 1.91. The monoisotopic (exact) mass is 213 g/mol. The van der Waals surface area contributed by atoms with E-state index in [9.17, 15) is 9.59 Å². The molecule has 0 aromatic rings. The van der Waals surface area contributed by atoms with Crippen molar-refractivity contribution in [3.63, 3.8) is 0 Å². The van der Waals surface area contributed by atoms with Crippen LogP contribution >= 0.6 is 0 Å². The lowest BCUT2D eigenvalue weighted by Gasteiger charge is -2.18. The Morgan fingerprint density at radius 3 is 1.73 bits per heavy atom. The molecule has 0 saturated carbocycles. The summed E-state index contributed by atoms with van der Waals surface area (Å²) < 4.78 is 0. The van der Waals surface area contributed by atoms with Crippen molar-refractivity contribution in [3.05, 3.63) is 6.92 Å². The van der Waals surface area contributed by atoms with Crippen molar-refractivity contribution in [1.29, 1.82) is 0 Å². The van der Waals surface area contributed by atoms with E-state index < -0.39 is 0 Å². The molecule has 0 aliphatic heterocycles. The van der Waals surface area contributed by atoms with Crippen LogP contribution in [0.15, 0.2) is 0 Å². The molecule has 87 valence electrons. The minimum Gasteiger partial charge on any atom is -0.336 e. The molecule has 0 aromatic carbocycles. The Labute approximate surface area is 91.8 Å². The molecule has 0 atom stereocenters. The largest absolute Gasteiger partial charge is 0.336 e. The zero-order chi connectivity index (χ0) is 11.7. The van der Waals surface area contributed by atoms with Gasteiger partial charge in [-0.1, -0.05) is 13.8 Å². The molecule has 2 N–H and O–H groups in total. The molecule has 0 aliphatic carbocycles. The van der Waals surface area contributed by atoms with Crippen LogP contribution in [0.4, 0.5) is 0 Å². The number of carbonyl (C=O) groups is 2. The summed E-state index contributed by atoms with van der Waals surface area (Å²) in [4.78, 5) is 22.5. The Morgan fingerprint density at radius 1 is 1.07 bits per heavy atom. The quantitative estimate of drug-likeness (QED) is 0.627. The summed E-state index contributed by atoms with van der Waals surface area (Å²) in [6, 6.07) is 0. The Morgan fingerprint density at radius 2 is 1.47 bits per heavy atom. The number of carbonyl (C=O) groups excluding carboxylic acids is 2. The van der Waals surface area contributed by atoms with Gasteiger partial charge in [0, 0.05) is 12.8 Å². The summed E-state index contributed by atoms with van der Waals surface area (Å²) in [6.45, 7) is 7.56. The summed E-state index contributed by atoms with van der Waals surface area (Å²) in [5, 5.41) is 5.45. The van der Waals surface area contributed by atoms with E-state index in [1.807, 2.05) is 13.8 Å². The van der Waals surface area contributed by atoms with Crippen LogP contribution < -0.4 is 10.6 Å². The van der Waals surface area contributed by atoms with Crippen molar-refractivity contribution >= 4 is 11.8 Å². The van der Waals surface area contributed by atoms with Gasteiger partial charge in [0.1, 0.15) is 6.17 Å². The molecule has 0 spiro atoms. The van der Waals surface area contributed by atoms with Gasteiger partial charge >= 0.3 is 0 Å². The third-order valence-electron chi connectivity index (χ3n) is 1.91. The molecule has 4 heteroatoms. The van der Waals surface area contributed by atoms with Gasteiger partial charge in [-0.05, 0) is 26.2 Å². The summed E-state index contributed by atoms with van der Waals surface area (Å²) in [6.07, 6.45) is 2.71. The second-order valence-corrected chi connectivity index (χ2v) is 3.48. The van der Waals surface area contributed by atoms with Crippen LogP contribution in [0.2, 0.25) is 0 Å². The van der Waals surface area contributed by atoms with Gasteiger partial charge in [0.15, 0.2) is 0 Å². The van der Waals surface area contributed by atoms with Crippen LogP contribution in [-0.2, 0) is 9.59 Å². The molecule has 0 aliphatic rings. The van der Waals surface area contributed by atoms with Crippen molar-refractivity contribution in [2.45, 2.75) is 52.1 Å². The smallest absolute Gasteiger partial charge is 0.221 e. The molecular formula is C11H21N2O2. The van der Waals surface area contributed by atoms with Crippen LogP contribution in [0.3, 0.4) is 0 Å². The van der Waals surface area contributed by atoms with Gasteiger partial charge < -0.3 is 10.6 Å². The maximum atomic E-state index is 11.3. The van der Waals surface area contributed by atoms with E-state index in [-0.39, 0.29) is 18.0 Å². The van der Waals surface area contributed by atoms with E-state index in [4.69, 9.17) is 0 Å². The van der Waals surface area contributed by atoms with Crippen LogP contribution in [0.5, 0.6) is 0 Å². The Bertz CT molecular complexity index is 185. The third kappa shape index (κ3) is 6.94. The first-order valence-corrected chi connectivity index (χ1v) is 5.52. The molecule has 0 saturated heterocycles. The highest BCUT2D eigenvalue weighted by atomic mass is 16.2. The lowest BCUT2D eigenvalue weighted by atomic mass is 10.2. The predicted octanol–water partition coefficient (Wildman–Crippen LogP) is 1.37. The van der Waals surface area contributed by atoms with E-state index in [0.29, 0.717) is 19.3 Å². The summed E-state index contributed by atoms with van der Waals surface area (Å²) in [5.41, 5.74) is 0. The van der Waals surface area contributed by atoms with Gasteiger partial charge in [-0.25, -0.2) is 0 Å². The molecule has 0 rings (SSSR count). The average Bonchev–Trinajstić information content (AvgIpc) is 2.17. The highest BCUT2D eigenvalue weighted by Crippen LogP contribution is 1.93. The van der Waals surface area contributed by atoms with E-state index >= 15 is 0 Å².